The Balaban J connectivity index is 1.79. The first-order valence-corrected chi connectivity index (χ1v) is 9.05. The van der Waals surface area contributed by atoms with E-state index in [1.807, 2.05) is 0 Å². The summed E-state index contributed by atoms with van der Waals surface area (Å²) in [7, 11) is 0. The van der Waals surface area contributed by atoms with Gasteiger partial charge in [-0.15, -0.1) is 11.3 Å². The molecule has 0 fully saturated rings. The number of carbonyl (C=O) groups excluding carboxylic acids is 2. The van der Waals surface area contributed by atoms with Gasteiger partial charge in [0.2, 0.25) is 5.91 Å². The molecular weight excluding hydrogens is 339 g/mol. The topological polar surface area (TPSA) is 72.2 Å². The van der Waals surface area contributed by atoms with Crippen LogP contribution >= 0.6 is 11.3 Å². The monoisotopic (exact) mass is 358 g/mol. The molecule has 0 radical (unpaired) electrons. The van der Waals surface area contributed by atoms with E-state index in [1.54, 1.807) is 18.2 Å². The second kappa shape index (κ2) is 7.61. The second-order valence-electron chi connectivity index (χ2n) is 6.01. The number of benzene rings is 1. The van der Waals surface area contributed by atoms with Crippen LogP contribution in [-0.2, 0) is 17.6 Å². The van der Waals surface area contributed by atoms with Crippen LogP contribution in [-0.4, -0.2) is 11.8 Å². The van der Waals surface area contributed by atoms with E-state index in [0.717, 1.165) is 42.5 Å². The lowest BCUT2D eigenvalue weighted by molar-refractivity contribution is -0.111. The molecule has 3 N–H and O–H groups in total. The molecule has 130 valence electrons. The number of halogens is 1. The number of amides is 2. The highest BCUT2D eigenvalue weighted by atomic mass is 32.1. The van der Waals surface area contributed by atoms with Gasteiger partial charge in [0.25, 0.3) is 5.91 Å². The van der Waals surface area contributed by atoms with Gasteiger partial charge in [-0.25, -0.2) is 4.39 Å². The predicted molar refractivity (Wildman–Crippen MR) is 98.2 cm³/mol. The zero-order valence-electron chi connectivity index (χ0n) is 13.7. The van der Waals surface area contributed by atoms with Crippen molar-refractivity contribution >= 4 is 34.2 Å². The number of anilines is 1. The molecule has 0 spiro atoms. The molecule has 0 unspecified atom stereocenters. The number of primary amides is 1. The first kappa shape index (κ1) is 17.4. The Kier molecular flexibility index (Phi) is 5.28. The third kappa shape index (κ3) is 4.14. The highest BCUT2D eigenvalue weighted by Gasteiger charge is 2.23. The number of nitrogens with two attached hydrogens (primary N) is 1. The van der Waals surface area contributed by atoms with Gasteiger partial charge in [-0.2, -0.15) is 0 Å². The van der Waals surface area contributed by atoms with E-state index in [2.05, 4.69) is 5.32 Å². The zero-order valence-corrected chi connectivity index (χ0v) is 14.5. The molecule has 6 heteroatoms. The van der Waals surface area contributed by atoms with Gasteiger partial charge < -0.3 is 11.1 Å². The fraction of sp³-hybridized carbons (Fsp3) is 0.263. The lowest BCUT2D eigenvalue weighted by Crippen LogP contribution is -2.16. The highest BCUT2D eigenvalue weighted by Crippen LogP contribution is 2.37. The Morgan fingerprint density at radius 2 is 1.84 bits per heavy atom. The van der Waals surface area contributed by atoms with Crippen LogP contribution in [0.5, 0.6) is 0 Å². The maximum Gasteiger partial charge on any atom is 0.251 e. The Hall–Kier alpha value is -2.47. The third-order valence-corrected chi connectivity index (χ3v) is 5.41. The van der Waals surface area contributed by atoms with Crippen LogP contribution in [0.4, 0.5) is 9.39 Å². The van der Waals surface area contributed by atoms with E-state index in [9.17, 15) is 14.0 Å². The van der Waals surface area contributed by atoms with Crippen molar-refractivity contribution in [3.8, 4) is 0 Å². The minimum atomic E-state index is -0.503. The van der Waals surface area contributed by atoms with Gasteiger partial charge in [-0.05, 0) is 55.0 Å². The molecule has 1 heterocycles. The molecule has 0 saturated carbocycles. The smallest absolute Gasteiger partial charge is 0.251 e. The second-order valence-corrected chi connectivity index (χ2v) is 7.11. The van der Waals surface area contributed by atoms with Gasteiger partial charge in [0.1, 0.15) is 10.8 Å². The Morgan fingerprint density at radius 1 is 1.12 bits per heavy atom. The average Bonchev–Trinajstić information content (AvgIpc) is 2.75. The minimum Gasteiger partial charge on any atom is -0.365 e. The third-order valence-electron chi connectivity index (χ3n) is 4.20. The van der Waals surface area contributed by atoms with Gasteiger partial charge >= 0.3 is 0 Å². The van der Waals surface area contributed by atoms with Gasteiger partial charge in [0, 0.05) is 11.0 Å². The molecule has 3 rings (SSSR count). The minimum absolute atomic E-state index is 0.326. The molecule has 0 aliphatic heterocycles. The Morgan fingerprint density at radius 3 is 2.56 bits per heavy atom. The number of hydrogen-bond donors (Lipinski definition) is 2. The van der Waals surface area contributed by atoms with E-state index in [4.69, 9.17) is 5.73 Å². The lowest BCUT2D eigenvalue weighted by Gasteiger charge is -2.04. The first-order chi connectivity index (χ1) is 12.0. The van der Waals surface area contributed by atoms with Crippen LogP contribution < -0.4 is 11.1 Å². The van der Waals surface area contributed by atoms with Crippen LogP contribution in [0.2, 0.25) is 0 Å². The number of thiophene rings is 1. The molecule has 25 heavy (non-hydrogen) atoms. The molecular formula is C19H19FN2O2S. The summed E-state index contributed by atoms with van der Waals surface area (Å²) >= 11 is 1.44. The lowest BCUT2D eigenvalue weighted by atomic mass is 10.1. The number of hydrogen-bond acceptors (Lipinski definition) is 3. The number of fused-ring (bicyclic) bond motifs is 1. The van der Waals surface area contributed by atoms with Gasteiger partial charge in [0.15, 0.2) is 0 Å². The summed E-state index contributed by atoms with van der Waals surface area (Å²) in [5.41, 5.74) is 7.71. The van der Waals surface area contributed by atoms with E-state index in [0.29, 0.717) is 16.1 Å². The van der Waals surface area contributed by atoms with E-state index in [-0.39, 0.29) is 11.7 Å². The molecule has 0 saturated heterocycles. The zero-order chi connectivity index (χ0) is 17.8. The molecule has 0 bridgehead atoms. The average molecular weight is 358 g/mol. The standard InChI is InChI=1S/C19H19FN2O2S/c20-13-9-6-12(7-10-13)8-11-16(23)22-19-17(18(21)24)14-4-2-1-3-5-15(14)25-19/h6-11H,1-5H2,(H2,21,24)(H,22,23)/b11-8-. The molecule has 2 amide bonds. The van der Waals surface area contributed by atoms with Crippen molar-refractivity contribution < 1.29 is 14.0 Å². The molecule has 1 aromatic carbocycles. The Bertz CT molecular complexity index is 825. The van der Waals surface area contributed by atoms with Crippen molar-refractivity contribution in [2.75, 3.05) is 5.32 Å². The SMILES string of the molecule is NC(=O)c1c(NC(=O)/C=C\c2ccc(F)cc2)sc2c1CCCCC2. The summed E-state index contributed by atoms with van der Waals surface area (Å²) in [4.78, 5) is 25.2. The van der Waals surface area contributed by atoms with Crippen molar-refractivity contribution in [1.29, 1.82) is 0 Å². The van der Waals surface area contributed by atoms with Gasteiger partial charge in [-0.3, -0.25) is 9.59 Å². The quantitative estimate of drug-likeness (QED) is 0.642. The number of carbonyl (C=O) groups is 2. The van der Waals surface area contributed by atoms with E-state index < -0.39 is 5.91 Å². The number of aryl methyl sites for hydroxylation is 1. The summed E-state index contributed by atoms with van der Waals surface area (Å²) in [6, 6.07) is 5.83. The summed E-state index contributed by atoms with van der Waals surface area (Å²) < 4.78 is 12.9. The van der Waals surface area contributed by atoms with Gasteiger partial charge in [0.05, 0.1) is 5.56 Å². The maximum atomic E-state index is 12.9. The highest BCUT2D eigenvalue weighted by molar-refractivity contribution is 7.17. The van der Waals surface area contributed by atoms with Crippen LogP contribution in [0.3, 0.4) is 0 Å². The Labute approximate surface area is 149 Å². The first-order valence-electron chi connectivity index (χ1n) is 8.23. The summed E-state index contributed by atoms with van der Waals surface area (Å²) in [6.07, 6.45) is 7.96. The van der Waals surface area contributed by atoms with Crippen LogP contribution in [0.15, 0.2) is 30.3 Å². The molecule has 1 aromatic heterocycles. The summed E-state index contributed by atoms with van der Waals surface area (Å²) in [5, 5.41) is 3.29. The van der Waals surface area contributed by atoms with Crippen LogP contribution in [0, 0.1) is 5.82 Å². The summed E-state index contributed by atoms with van der Waals surface area (Å²) in [6.45, 7) is 0. The summed E-state index contributed by atoms with van der Waals surface area (Å²) in [5.74, 6) is -1.17. The van der Waals surface area contributed by atoms with Crippen molar-refractivity contribution in [1.82, 2.24) is 0 Å². The van der Waals surface area contributed by atoms with Gasteiger partial charge in [-0.1, -0.05) is 18.6 Å². The molecule has 4 nitrogen and oxygen atoms in total. The van der Waals surface area contributed by atoms with Crippen molar-refractivity contribution in [2.24, 2.45) is 5.73 Å². The molecule has 0 atom stereocenters. The number of rotatable bonds is 4. The normalized spacial score (nSPS) is 14.1. The molecule has 2 aromatic rings. The fourth-order valence-electron chi connectivity index (χ4n) is 2.99. The maximum absolute atomic E-state index is 12.9. The molecule has 1 aliphatic carbocycles. The predicted octanol–water partition coefficient (Wildman–Crippen LogP) is 3.91. The van der Waals surface area contributed by atoms with E-state index in [1.165, 1.54) is 29.5 Å². The number of nitrogens with one attached hydrogen (secondary N) is 1. The van der Waals surface area contributed by atoms with Crippen molar-refractivity contribution in [3.63, 3.8) is 0 Å². The van der Waals surface area contributed by atoms with Crippen molar-refractivity contribution in [3.05, 3.63) is 57.7 Å². The van der Waals surface area contributed by atoms with Crippen LogP contribution in [0.25, 0.3) is 6.08 Å². The van der Waals surface area contributed by atoms with Crippen LogP contribution in [0.1, 0.15) is 45.6 Å². The fourth-order valence-corrected chi connectivity index (χ4v) is 4.29. The molecule has 1 aliphatic rings. The van der Waals surface area contributed by atoms with Crippen molar-refractivity contribution in [2.45, 2.75) is 32.1 Å². The largest absolute Gasteiger partial charge is 0.365 e. The van der Waals surface area contributed by atoms with E-state index >= 15 is 0 Å².